The van der Waals surface area contributed by atoms with Gasteiger partial charge < -0.3 is 15.5 Å². The monoisotopic (exact) mass is 462 g/mol. The zero-order chi connectivity index (χ0) is 23.8. The van der Waals surface area contributed by atoms with Crippen molar-refractivity contribution < 1.29 is 0 Å². The van der Waals surface area contributed by atoms with Crippen LogP contribution in [0.4, 0.5) is 5.69 Å². The molecule has 2 aliphatic heterocycles. The van der Waals surface area contributed by atoms with Gasteiger partial charge in [0, 0.05) is 41.8 Å². The number of allylic oxidation sites excluding steroid dienone is 1. The molecule has 33 heavy (non-hydrogen) atoms. The molecule has 7 heteroatoms. The Hall–Kier alpha value is -3.35. The first kappa shape index (κ1) is 24.3. The number of hydrogen-bond donors (Lipinski definition) is 2. The minimum atomic E-state index is 0.544. The Labute approximate surface area is 201 Å². The summed E-state index contributed by atoms with van der Waals surface area (Å²) in [4.78, 5) is 12.1. The highest BCUT2D eigenvalue weighted by atomic mass is 35.5. The van der Waals surface area contributed by atoms with Crippen LogP contribution in [0.3, 0.4) is 0 Å². The van der Waals surface area contributed by atoms with E-state index in [9.17, 15) is 0 Å². The van der Waals surface area contributed by atoms with Crippen LogP contribution in [0.1, 0.15) is 30.9 Å². The Bertz CT molecular complexity index is 1090. The van der Waals surface area contributed by atoms with Crippen LogP contribution >= 0.6 is 11.6 Å². The van der Waals surface area contributed by atoms with E-state index >= 15 is 0 Å². The lowest BCUT2D eigenvalue weighted by Gasteiger charge is -2.34. The number of para-hydroxylation sites is 1. The molecule has 6 nitrogen and oxygen atoms in total. The molecule has 4 rings (SSSR count). The fourth-order valence-corrected chi connectivity index (χ4v) is 3.88. The molecule has 0 unspecified atom stereocenters. The number of nitrogens with zero attached hydrogens (tertiary/aromatic N) is 4. The predicted octanol–water partition coefficient (Wildman–Crippen LogP) is 5.31. The van der Waals surface area contributed by atoms with E-state index in [1.807, 2.05) is 42.3 Å². The molecule has 0 amide bonds. The molecule has 2 aromatic rings. The minimum absolute atomic E-state index is 0.544. The Morgan fingerprint density at radius 3 is 2.61 bits per heavy atom. The molecule has 0 aromatic heterocycles. The number of fused-ring (bicyclic) bond motifs is 1. The largest absolute Gasteiger partial charge is 0.387 e. The van der Waals surface area contributed by atoms with Crippen molar-refractivity contribution in [3.8, 4) is 0 Å². The summed E-state index contributed by atoms with van der Waals surface area (Å²) in [6.45, 7) is 11.6. The molecule has 0 spiro atoms. The quantitative estimate of drug-likeness (QED) is 0.634. The van der Waals surface area contributed by atoms with Crippen LogP contribution in [0, 0.1) is 0 Å². The molecular weight excluding hydrogens is 432 g/mol. The maximum Gasteiger partial charge on any atom is 0.113 e. The van der Waals surface area contributed by atoms with Gasteiger partial charge in [0.25, 0.3) is 0 Å². The van der Waals surface area contributed by atoms with Crippen molar-refractivity contribution in [2.24, 2.45) is 15.7 Å². The van der Waals surface area contributed by atoms with Crippen LogP contribution < -0.4 is 16.0 Å². The fraction of sp³-hybridized carbons (Fsp3) is 0.231. The van der Waals surface area contributed by atoms with Gasteiger partial charge in [0.05, 0.1) is 18.4 Å². The third kappa shape index (κ3) is 6.12. The van der Waals surface area contributed by atoms with Gasteiger partial charge in [0.1, 0.15) is 12.2 Å². The van der Waals surface area contributed by atoms with Crippen molar-refractivity contribution in [3.63, 3.8) is 0 Å². The van der Waals surface area contributed by atoms with E-state index in [4.69, 9.17) is 17.3 Å². The van der Waals surface area contributed by atoms with E-state index in [2.05, 4.69) is 64.6 Å². The van der Waals surface area contributed by atoms with Gasteiger partial charge in [0.2, 0.25) is 0 Å². The Balaban J connectivity index is 0.000000205. The number of benzene rings is 2. The molecule has 0 saturated heterocycles. The normalized spacial score (nSPS) is 17.3. The van der Waals surface area contributed by atoms with Crippen LogP contribution in [-0.2, 0) is 0 Å². The number of nitrogens with two attached hydrogens (primary N) is 1. The van der Waals surface area contributed by atoms with Crippen molar-refractivity contribution in [2.45, 2.75) is 19.8 Å². The standard InChI is InChI=1S/C18H16ClN.C8H15N5/c1-3-15-12-14-8-7-11-17(19)18(14)13(2)20(15)16-9-5-4-6-10-16;1-7-3-8(9)12-5-10-4-11-6-13(7)2/h4-12H,2-3H2,1H3;5,11H,1,3-4,6H2,2H3,(H2,9,10,12). The summed E-state index contributed by atoms with van der Waals surface area (Å²) in [5.74, 6) is 0.544. The van der Waals surface area contributed by atoms with Gasteiger partial charge in [0.15, 0.2) is 0 Å². The Morgan fingerprint density at radius 1 is 1.12 bits per heavy atom. The molecule has 0 aliphatic carbocycles. The SMILES string of the molecule is C=C1CC(N)=N/C=N\CNCN1C.C=C1c2c(Cl)cccc2C=C(CC)N1c1ccccc1. The first-order valence-corrected chi connectivity index (χ1v) is 11.2. The second kappa shape index (κ2) is 11.5. The molecular formula is C26H31ClN6. The molecule has 2 aromatic carbocycles. The molecule has 0 radical (unpaired) electrons. The van der Waals surface area contributed by atoms with E-state index < -0.39 is 0 Å². The van der Waals surface area contributed by atoms with E-state index in [0.29, 0.717) is 18.9 Å². The van der Waals surface area contributed by atoms with Crippen molar-refractivity contribution in [1.29, 1.82) is 0 Å². The second-order valence-corrected chi connectivity index (χ2v) is 8.14. The summed E-state index contributed by atoms with van der Waals surface area (Å²) < 4.78 is 0. The smallest absolute Gasteiger partial charge is 0.113 e. The summed E-state index contributed by atoms with van der Waals surface area (Å²) in [6.07, 6.45) is 5.20. The molecule has 0 atom stereocenters. The molecule has 0 saturated carbocycles. The maximum atomic E-state index is 6.36. The van der Waals surface area contributed by atoms with E-state index in [1.54, 1.807) is 0 Å². The van der Waals surface area contributed by atoms with Crippen LogP contribution in [0.15, 0.2) is 83.1 Å². The van der Waals surface area contributed by atoms with Crippen LogP contribution in [0.25, 0.3) is 11.8 Å². The van der Waals surface area contributed by atoms with Crippen LogP contribution in [-0.4, -0.2) is 37.5 Å². The molecule has 2 heterocycles. The number of nitrogens with one attached hydrogen (secondary N) is 1. The van der Waals surface area contributed by atoms with Crippen LogP contribution in [0.5, 0.6) is 0 Å². The van der Waals surface area contributed by atoms with Crippen molar-refractivity contribution in [1.82, 2.24) is 10.2 Å². The molecule has 2 aliphatic rings. The lowest BCUT2D eigenvalue weighted by atomic mass is 9.97. The third-order valence-corrected chi connectivity index (χ3v) is 5.69. The number of aliphatic imine (C=N–C) groups is 2. The third-order valence-electron chi connectivity index (χ3n) is 5.37. The molecule has 0 fully saturated rings. The number of amidine groups is 1. The topological polar surface area (TPSA) is 69.2 Å². The van der Waals surface area contributed by atoms with Gasteiger partial charge in [-0.1, -0.05) is 62.0 Å². The first-order chi connectivity index (χ1) is 15.9. The maximum absolute atomic E-state index is 6.36. The lowest BCUT2D eigenvalue weighted by Crippen LogP contribution is -2.32. The van der Waals surface area contributed by atoms with Gasteiger partial charge in [-0.3, -0.25) is 10.3 Å². The predicted molar refractivity (Wildman–Crippen MR) is 142 cm³/mol. The highest BCUT2D eigenvalue weighted by Crippen LogP contribution is 2.40. The van der Waals surface area contributed by atoms with Crippen molar-refractivity contribution >= 4 is 41.2 Å². The van der Waals surface area contributed by atoms with Gasteiger partial charge in [-0.25, -0.2) is 4.99 Å². The lowest BCUT2D eigenvalue weighted by molar-refractivity contribution is 0.377. The summed E-state index contributed by atoms with van der Waals surface area (Å²) in [6, 6.07) is 16.3. The summed E-state index contributed by atoms with van der Waals surface area (Å²) in [7, 11) is 1.95. The average molecular weight is 463 g/mol. The van der Waals surface area contributed by atoms with Gasteiger partial charge >= 0.3 is 0 Å². The minimum Gasteiger partial charge on any atom is -0.387 e. The zero-order valence-electron chi connectivity index (χ0n) is 19.3. The first-order valence-electron chi connectivity index (χ1n) is 10.9. The van der Waals surface area contributed by atoms with E-state index in [0.717, 1.165) is 46.3 Å². The van der Waals surface area contributed by atoms with E-state index in [-0.39, 0.29) is 0 Å². The molecule has 172 valence electrons. The number of halogens is 1. The van der Waals surface area contributed by atoms with E-state index in [1.165, 1.54) is 12.0 Å². The second-order valence-electron chi connectivity index (χ2n) is 7.74. The average Bonchev–Trinajstić information content (AvgIpc) is 2.81. The summed E-state index contributed by atoms with van der Waals surface area (Å²) >= 11 is 6.36. The summed E-state index contributed by atoms with van der Waals surface area (Å²) in [5.41, 5.74) is 12.0. The number of anilines is 1. The highest BCUT2D eigenvalue weighted by molar-refractivity contribution is 6.33. The fourth-order valence-electron chi connectivity index (χ4n) is 3.59. The molecule has 3 N–H and O–H groups in total. The zero-order valence-corrected chi connectivity index (χ0v) is 20.0. The molecule has 0 bridgehead atoms. The van der Waals surface area contributed by atoms with Crippen LogP contribution in [0.2, 0.25) is 5.02 Å². The van der Waals surface area contributed by atoms with Gasteiger partial charge in [-0.2, -0.15) is 0 Å². The summed E-state index contributed by atoms with van der Waals surface area (Å²) in [5, 5.41) is 3.86. The van der Waals surface area contributed by atoms with Crippen molar-refractivity contribution in [3.05, 3.63) is 89.2 Å². The van der Waals surface area contributed by atoms with Gasteiger partial charge in [-0.15, -0.1) is 0 Å². The highest BCUT2D eigenvalue weighted by Gasteiger charge is 2.23. The Kier molecular flexibility index (Phi) is 8.46. The van der Waals surface area contributed by atoms with Gasteiger partial charge in [-0.05, 0) is 36.3 Å². The number of rotatable bonds is 2. The van der Waals surface area contributed by atoms with Crippen molar-refractivity contribution in [2.75, 3.05) is 25.3 Å². The Morgan fingerprint density at radius 2 is 1.88 bits per heavy atom. The number of hydrogen-bond acceptors (Lipinski definition) is 6.